The van der Waals surface area contributed by atoms with E-state index in [1.165, 1.54) is 10.6 Å². The first-order valence-corrected chi connectivity index (χ1v) is 9.51. The van der Waals surface area contributed by atoms with Gasteiger partial charge in [-0.1, -0.05) is 0 Å². The molecule has 9 heteroatoms. The number of hydrogen-bond acceptors (Lipinski definition) is 5. The molecule has 0 spiro atoms. The van der Waals surface area contributed by atoms with Crippen molar-refractivity contribution in [2.45, 2.75) is 12.8 Å². The van der Waals surface area contributed by atoms with Gasteiger partial charge in [0.25, 0.3) is 0 Å². The lowest BCUT2D eigenvalue weighted by molar-refractivity contribution is -0.120. The number of pyridine rings is 1. The van der Waals surface area contributed by atoms with Crippen LogP contribution in [-0.4, -0.2) is 52.7 Å². The summed E-state index contributed by atoms with van der Waals surface area (Å²) in [4.78, 5) is 16.8. The third kappa shape index (κ3) is 3.62. The van der Waals surface area contributed by atoms with Gasteiger partial charge in [0.05, 0.1) is 17.9 Å². The summed E-state index contributed by atoms with van der Waals surface area (Å²) in [7, 11) is -3.28. The topological polar surface area (TPSA) is 97.2 Å². The monoisotopic (exact) mass is 349 g/mol. The fraction of sp³-hybridized carbons (Fsp3) is 0.400. The van der Waals surface area contributed by atoms with E-state index < -0.39 is 10.0 Å². The van der Waals surface area contributed by atoms with Crippen LogP contribution in [0, 0.1) is 5.92 Å². The second-order valence-corrected chi connectivity index (χ2v) is 7.76. The van der Waals surface area contributed by atoms with Gasteiger partial charge >= 0.3 is 0 Å². The largest absolute Gasteiger partial charge is 0.323 e. The molecule has 3 rings (SSSR count). The van der Waals surface area contributed by atoms with Crippen molar-refractivity contribution >= 4 is 21.6 Å². The van der Waals surface area contributed by atoms with Gasteiger partial charge in [-0.2, -0.15) is 5.10 Å². The molecule has 1 aliphatic rings. The van der Waals surface area contributed by atoms with Gasteiger partial charge in [0.2, 0.25) is 15.9 Å². The van der Waals surface area contributed by atoms with Gasteiger partial charge in [0.15, 0.2) is 5.82 Å². The van der Waals surface area contributed by atoms with Crippen LogP contribution in [-0.2, 0) is 14.8 Å². The predicted octanol–water partition coefficient (Wildman–Crippen LogP) is 0.877. The molecule has 1 fully saturated rings. The molecule has 128 valence electrons. The van der Waals surface area contributed by atoms with Crippen molar-refractivity contribution in [3.8, 4) is 5.82 Å². The summed E-state index contributed by atoms with van der Waals surface area (Å²) in [5, 5.41) is 6.98. The third-order valence-electron chi connectivity index (χ3n) is 3.99. The van der Waals surface area contributed by atoms with E-state index in [2.05, 4.69) is 15.4 Å². The summed E-state index contributed by atoms with van der Waals surface area (Å²) in [6.45, 7) is 0.677. The SMILES string of the molecule is CS(=O)(=O)N1CCC[C@@H](C(=O)Nc2cccnc2-n2cccn2)C1. The van der Waals surface area contributed by atoms with E-state index in [9.17, 15) is 13.2 Å². The van der Waals surface area contributed by atoms with Crippen LogP contribution in [0.1, 0.15) is 12.8 Å². The normalized spacial score (nSPS) is 19.1. The van der Waals surface area contributed by atoms with E-state index in [0.29, 0.717) is 30.9 Å². The van der Waals surface area contributed by atoms with E-state index >= 15 is 0 Å². The number of amides is 1. The molecular weight excluding hydrogens is 330 g/mol. The molecule has 2 aromatic rings. The smallest absolute Gasteiger partial charge is 0.228 e. The highest BCUT2D eigenvalue weighted by atomic mass is 32.2. The second-order valence-electron chi connectivity index (χ2n) is 5.77. The maximum Gasteiger partial charge on any atom is 0.228 e. The Bertz CT molecular complexity index is 819. The van der Waals surface area contributed by atoms with E-state index in [1.54, 1.807) is 41.5 Å². The van der Waals surface area contributed by atoms with Crippen LogP contribution in [0.3, 0.4) is 0 Å². The van der Waals surface area contributed by atoms with Crippen LogP contribution in [0.5, 0.6) is 0 Å². The average Bonchev–Trinajstić information content (AvgIpc) is 3.09. The molecule has 0 saturated carbocycles. The summed E-state index contributed by atoms with van der Waals surface area (Å²) in [6, 6.07) is 5.25. The van der Waals surface area contributed by atoms with Crippen LogP contribution < -0.4 is 5.32 Å². The van der Waals surface area contributed by atoms with E-state index in [-0.39, 0.29) is 18.4 Å². The zero-order valence-corrected chi connectivity index (χ0v) is 14.1. The Morgan fingerprint density at radius 2 is 2.17 bits per heavy atom. The average molecular weight is 349 g/mol. The number of carbonyl (C=O) groups is 1. The number of carbonyl (C=O) groups excluding carboxylic acids is 1. The Balaban J connectivity index is 1.76. The van der Waals surface area contributed by atoms with Crippen molar-refractivity contribution in [2.24, 2.45) is 5.92 Å². The molecule has 8 nitrogen and oxygen atoms in total. The maximum absolute atomic E-state index is 12.6. The van der Waals surface area contributed by atoms with Crippen molar-refractivity contribution < 1.29 is 13.2 Å². The number of aromatic nitrogens is 3. The highest BCUT2D eigenvalue weighted by molar-refractivity contribution is 7.88. The summed E-state index contributed by atoms with van der Waals surface area (Å²) >= 11 is 0. The minimum absolute atomic E-state index is 0.204. The summed E-state index contributed by atoms with van der Waals surface area (Å²) in [5.74, 6) is -0.0597. The molecule has 1 atom stereocenters. The highest BCUT2D eigenvalue weighted by Gasteiger charge is 2.30. The minimum Gasteiger partial charge on any atom is -0.323 e. The Labute approximate surface area is 140 Å². The predicted molar refractivity (Wildman–Crippen MR) is 89.1 cm³/mol. The van der Waals surface area contributed by atoms with E-state index in [0.717, 1.165) is 0 Å². The fourth-order valence-electron chi connectivity index (χ4n) is 2.76. The summed E-state index contributed by atoms with van der Waals surface area (Å²) in [5.41, 5.74) is 0.544. The highest BCUT2D eigenvalue weighted by Crippen LogP contribution is 2.22. The first-order valence-electron chi connectivity index (χ1n) is 7.66. The molecule has 1 amide bonds. The van der Waals surface area contributed by atoms with Crippen LogP contribution in [0.4, 0.5) is 5.69 Å². The first-order chi connectivity index (χ1) is 11.4. The van der Waals surface area contributed by atoms with Gasteiger partial charge in [0.1, 0.15) is 0 Å². The van der Waals surface area contributed by atoms with Crippen molar-refractivity contribution in [3.63, 3.8) is 0 Å². The number of hydrogen-bond donors (Lipinski definition) is 1. The molecule has 0 unspecified atom stereocenters. The van der Waals surface area contributed by atoms with Gasteiger partial charge in [0, 0.05) is 31.7 Å². The molecule has 0 radical (unpaired) electrons. The lowest BCUT2D eigenvalue weighted by Crippen LogP contribution is -2.43. The molecule has 1 N–H and O–H groups in total. The van der Waals surface area contributed by atoms with Crippen molar-refractivity contribution in [2.75, 3.05) is 24.7 Å². The van der Waals surface area contributed by atoms with Gasteiger partial charge < -0.3 is 5.32 Å². The van der Waals surface area contributed by atoms with Crippen LogP contribution in [0.2, 0.25) is 0 Å². The standard InChI is InChI=1S/C15H19N5O3S/c1-24(22,23)19-9-3-5-12(11-19)15(21)18-13-6-2-7-16-14(13)20-10-4-8-17-20/h2,4,6-8,10,12H,3,5,9,11H2,1H3,(H,18,21)/t12-/m1/s1. The van der Waals surface area contributed by atoms with Gasteiger partial charge in [-0.15, -0.1) is 0 Å². The zero-order chi connectivity index (χ0) is 17.2. The molecule has 2 aromatic heterocycles. The Morgan fingerprint density at radius 1 is 1.33 bits per heavy atom. The molecule has 3 heterocycles. The lowest BCUT2D eigenvalue weighted by atomic mass is 9.99. The van der Waals surface area contributed by atoms with Gasteiger partial charge in [-0.3, -0.25) is 4.79 Å². The molecular formula is C15H19N5O3S. The number of nitrogens with zero attached hydrogens (tertiary/aromatic N) is 4. The maximum atomic E-state index is 12.6. The fourth-order valence-corrected chi connectivity index (χ4v) is 3.68. The van der Waals surface area contributed by atoms with Crippen molar-refractivity contribution in [3.05, 3.63) is 36.8 Å². The molecule has 0 bridgehead atoms. The molecule has 0 aliphatic carbocycles. The summed E-state index contributed by atoms with van der Waals surface area (Å²) < 4.78 is 26.3. The Morgan fingerprint density at radius 3 is 2.88 bits per heavy atom. The van der Waals surface area contributed by atoms with Crippen molar-refractivity contribution in [1.29, 1.82) is 0 Å². The minimum atomic E-state index is -3.28. The van der Waals surface area contributed by atoms with Crippen LogP contribution in [0.15, 0.2) is 36.8 Å². The van der Waals surface area contributed by atoms with Gasteiger partial charge in [-0.25, -0.2) is 22.4 Å². The van der Waals surface area contributed by atoms with Crippen molar-refractivity contribution in [1.82, 2.24) is 19.1 Å². The number of piperidine rings is 1. The second kappa shape index (κ2) is 6.70. The molecule has 0 aromatic carbocycles. The third-order valence-corrected chi connectivity index (χ3v) is 5.26. The molecule has 24 heavy (non-hydrogen) atoms. The lowest BCUT2D eigenvalue weighted by Gasteiger charge is -2.30. The number of anilines is 1. The first kappa shape index (κ1) is 16.6. The quantitative estimate of drug-likeness (QED) is 0.884. The van der Waals surface area contributed by atoms with Crippen LogP contribution >= 0.6 is 0 Å². The van der Waals surface area contributed by atoms with E-state index in [4.69, 9.17) is 0 Å². The molecule has 1 saturated heterocycles. The summed E-state index contributed by atoms with van der Waals surface area (Å²) in [6.07, 6.45) is 7.50. The van der Waals surface area contributed by atoms with E-state index in [1.807, 2.05) is 0 Å². The number of nitrogens with one attached hydrogen (secondary N) is 1. The number of rotatable bonds is 4. The Hall–Kier alpha value is -2.26. The van der Waals surface area contributed by atoms with Gasteiger partial charge in [-0.05, 0) is 31.0 Å². The zero-order valence-electron chi connectivity index (χ0n) is 13.3. The van der Waals surface area contributed by atoms with Crippen LogP contribution in [0.25, 0.3) is 5.82 Å². The molecule has 1 aliphatic heterocycles. The Kier molecular flexibility index (Phi) is 4.63. The number of sulfonamides is 1.